The van der Waals surface area contributed by atoms with Crippen LogP contribution in [-0.4, -0.2) is 10.5 Å². The van der Waals surface area contributed by atoms with Crippen LogP contribution in [0, 0.1) is 0 Å². The van der Waals surface area contributed by atoms with Crippen molar-refractivity contribution in [1.29, 1.82) is 0 Å². The number of aromatic nitrogens is 1. The van der Waals surface area contributed by atoms with E-state index in [1.807, 2.05) is 24.5 Å². The molecular weight excluding hydrogens is 117 g/mol. The summed E-state index contributed by atoms with van der Waals surface area (Å²) in [5, 5.41) is 0. The molecule has 0 amide bonds. The van der Waals surface area contributed by atoms with Crippen LogP contribution in [0.1, 0.15) is 0 Å². The predicted molar refractivity (Wildman–Crippen MR) is 22.7 cm³/mol. The van der Waals surface area contributed by atoms with E-state index in [9.17, 15) is 0 Å². The fourth-order valence-electron chi connectivity index (χ4n) is 0.278. The van der Waals surface area contributed by atoms with Crippen LogP contribution in [0.4, 0.5) is 0 Å². The molecule has 0 unspecified atom stereocenters. The van der Waals surface area contributed by atoms with Crippen molar-refractivity contribution in [1.82, 2.24) is 4.98 Å². The maximum Gasteiger partial charge on any atom is 1.00 e. The van der Waals surface area contributed by atoms with Gasteiger partial charge in [-0.1, -0.05) is 0 Å². The summed E-state index contributed by atoms with van der Waals surface area (Å²) < 4.78 is 0. The second-order valence-corrected chi connectivity index (χ2v) is 0.885. The van der Waals surface area contributed by atoms with Gasteiger partial charge in [0, 0.05) is 12.4 Å². The van der Waals surface area contributed by atoms with Gasteiger partial charge in [-0.25, -0.2) is 0 Å². The quantitative estimate of drug-likeness (QED) is 0.392. The van der Waals surface area contributed by atoms with Crippen LogP contribution in [0.5, 0.6) is 0 Å². The molecule has 0 bridgehead atoms. The maximum absolute atomic E-state index is 2.86. The van der Waals surface area contributed by atoms with Gasteiger partial charge in [-0.15, -0.1) is 0 Å². The molecule has 1 rings (SSSR count). The van der Waals surface area contributed by atoms with Crippen LogP contribution in [-0.2, 0) is 0 Å². The van der Waals surface area contributed by atoms with Crippen LogP contribution in [0.2, 0.25) is 0 Å². The van der Waals surface area contributed by atoms with Gasteiger partial charge in [0.25, 0.3) is 0 Å². The monoisotopic (exact) mass is 123 g/mol. The van der Waals surface area contributed by atoms with Gasteiger partial charge in [-0.05, 0) is 12.1 Å². The van der Waals surface area contributed by atoms with Crippen molar-refractivity contribution in [3.8, 4) is 0 Å². The Kier molecular flexibility index (Phi) is 10.6. The Balaban J connectivity index is 0. The number of H-pyrrole nitrogens is 1. The summed E-state index contributed by atoms with van der Waals surface area (Å²) in [6, 6.07) is 3.89. The normalized spacial score (nSPS) is 5.71. The molecule has 1 aromatic rings. The van der Waals surface area contributed by atoms with E-state index < -0.39 is 0 Å². The van der Waals surface area contributed by atoms with Crippen molar-refractivity contribution in [3.05, 3.63) is 24.5 Å². The third-order valence-electron chi connectivity index (χ3n) is 0.496. The van der Waals surface area contributed by atoms with Crippen LogP contribution in [0.3, 0.4) is 0 Å². The fourth-order valence-corrected chi connectivity index (χ4v) is 0.278. The SMILES string of the molecule is [K+].[OH-].c1cc[nH]c1. The van der Waals surface area contributed by atoms with Gasteiger partial charge in [0.2, 0.25) is 0 Å². The van der Waals surface area contributed by atoms with E-state index >= 15 is 0 Å². The van der Waals surface area contributed by atoms with E-state index in [1.54, 1.807) is 0 Å². The second-order valence-electron chi connectivity index (χ2n) is 0.885. The second kappa shape index (κ2) is 6.88. The molecule has 34 valence electrons. The fraction of sp³-hybridized carbons (Fsp3) is 0. The average molecular weight is 123 g/mol. The first-order valence-electron chi connectivity index (χ1n) is 1.58. The minimum absolute atomic E-state index is 0. The third-order valence-corrected chi connectivity index (χ3v) is 0.496. The van der Waals surface area contributed by atoms with Crippen molar-refractivity contribution < 1.29 is 56.9 Å². The maximum atomic E-state index is 2.86. The van der Waals surface area contributed by atoms with E-state index in [4.69, 9.17) is 0 Å². The molecule has 2 N–H and O–H groups in total. The van der Waals surface area contributed by atoms with Crippen LogP contribution in [0.15, 0.2) is 24.5 Å². The molecule has 0 fully saturated rings. The first-order chi connectivity index (χ1) is 2.50. The molecular formula is C4H6KNO. The van der Waals surface area contributed by atoms with Crippen molar-refractivity contribution in [2.75, 3.05) is 0 Å². The van der Waals surface area contributed by atoms with E-state index in [1.165, 1.54) is 0 Å². The van der Waals surface area contributed by atoms with Gasteiger partial charge in [-0.2, -0.15) is 0 Å². The zero-order valence-corrected chi connectivity index (χ0v) is 7.38. The van der Waals surface area contributed by atoms with E-state index in [-0.39, 0.29) is 56.9 Å². The minimum atomic E-state index is 0. The smallest absolute Gasteiger partial charge is 0.870 e. The van der Waals surface area contributed by atoms with Crippen molar-refractivity contribution in [2.45, 2.75) is 0 Å². The number of aromatic amines is 1. The van der Waals surface area contributed by atoms with E-state index in [0.29, 0.717) is 0 Å². The summed E-state index contributed by atoms with van der Waals surface area (Å²) in [6.45, 7) is 0. The van der Waals surface area contributed by atoms with Gasteiger partial charge in [0.15, 0.2) is 0 Å². The standard InChI is InChI=1S/C4H5N.K.H2O/c1-2-4-5-3-1;;/h1-5H;;1H2/q;+1;/p-1. The average Bonchev–Trinajstić information content (AvgIpc) is 1.76. The molecule has 3 heteroatoms. The molecule has 0 saturated carbocycles. The molecule has 1 aromatic heterocycles. The van der Waals surface area contributed by atoms with Crippen LogP contribution < -0.4 is 51.4 Å². The largest absolute Gasteiger partial charge is 1.00 e. The summed E-state index contributed by atoms with van der Waals surface area (Å²) in [4.78, 5) is 2.86. The topological polar surface area (TPSA) is 45.8 Å². The molecule has 0 aromatic carbocycles. The van der Waals surface area contributed by atoms with E-state index in [0.717, 1.165) is 0 Å². The molecule has 0 aliphatic rings. The molecule has 0 aliphatic carbocycles. The van der Waals surface area contributed by atoms with Crippen molar-refractivity contribution in [3.63, 3.8) is 0 Å². The summed E-state index contributed by atoms with van der Waals surface area (Å²) in [5.41, 5.74) is 0. The summed E-state index contributed by atoms with van der Waals surface area (Å²) in [7, 11) is 0. The van der Waals surface area contributed by atoms with Gasteiger partial charge >= 0.3 is 51.4 Å². The zero-order chi connectivity index (χ0) is 3.54. The molecule has 0 spiro atoms. The molecule has 0 radical (unpaired) electrons. The summed E-state index contributed by atoms with van der Waals surface area (Å²) in [5.74, 6) is 0. The van der Waals surface area contributed by atoms with Crippen molar-refractivity contribution >= 4 is 0 Å². The van der Waals surface area contributed by atoms with E-state index in [2.05, 4.69) is 4.98 Å². The summed E-state index contributed by atoms with van der Waals surface area (Å²) in [6.07, 6.45) is 3.75. The Bertz CT molecular complexity index is 68.2. The van der Waals surface area contributed by atoms with Gasteiger partial charge in [0.05, 0.1) is 0 Å². The number of rotatable bonds is 0. The Labute approximate surface area is 85.0 Å². The Morgan fingerprint density at radius 3 is 1.57 bits per heavy atom. The molecule has 0 atom stereocenters. The van der Waals surface area contributed by atoms with Crippen molar-refractivity contribution in [2.24, 2.45) is 0 Å². The van der Waals surface area contributed by atoms with Crippen LogP contribution >= 0.6 is 0 Å². The number of hydrogen-bond donors (Lipinski definition) is 1. The van der Waals surface area contributed by atoms with Gasteiger partial charge < -0.3 is 10.5 Å². The minimum Gasteiger partial charge on any atom is -0.870 e. The first-order valence-corrected chi connectivity index (χ1v) is 1.58. The molecule has 1 heterocycles. The number of nitrogens with one attached hydrogen (secondary N) is 1. The van der Waals surface area contributed by atoms with Crippen LogP contribution in [0.25, 0.3) is 0 Å². The molecule has 0 saturated heterocycles. The molecule has 7 heavy (non-hydrogen) atoms. The molecule has 0 aliphatic heterocycles. The number of hydrogen-bond acceptors (Lipinski definition) is 1. The first kappa shape index (κ1) is 10.8. The Morgan fingerprint density at radius 1 is 1.00 bits per heavy atom. The van der Waals surface area contributed by atoms with Gasteiger partial charge in [0.1, 0.15) is 0 Å². The summed E-state index contributed by atoms with van der Waals surface area (Å²) >= 11 is 0. The molecule has 2 nitrogen and oxygen atoms in total. The van der Waals surface area contributed by atoms with Gasteiger partial charge in [-0.3, -0.25) is 0 Å². The zero-order valence-electron chi connectivity index (χ0n) is 4.26. The Morgan fingerprint density at radius 2 is 1.43 bits per heavy atom. The predicted octanol–water partition coefficient (Wildman–Crippen LogP) is -2.16. The Hall–Kier alpha value is 0.876. The third kappa shape index (κ3) is 4.74.